The molecular formula is C12H20N4O2. The van der Waals surface area contributed by atoms with Crippen molar-refractivity contribution in [3.8, 4) is 0 Å². The zero-order valence-corrected chi connectivity index (χ0v) is 10.6. The molecule has 100 valence electrons. The Kier molecular flexibility index (Phi) is 3.56. The number of nitrogens with zero attached hydrogens (tertiary/aromatic N) is 1. The number of anilines is 1. The van der Waals surface area contributed by atoms with Crippen LogP contribution in [0.25, 0.3) is 0 Å². The maximum atomic E-state index is 12.0. The topological polar surface area (TPSA) is 104 Å². The summed E-state index contributed by atoms with van der Waals surface area (Å²) in [5.74, 6) is 0.683. The molecule has 0 aliphatic heterocycles. The molecule has 1 heterocycles. The van der Waals surface area contributed by atoms with Crippen molar-refractivity contribution < 1.29 is 9.90 Å². The normalized spacial score (nSPS) is 28.0. The van der Waals surface area contributed by atoms with Crippen molar-refractivity contribution in [3.05, 3.63) is 11.8 Å². The highest BCUT2D eigenvalue weighted by Gasteiger charge is 2.35. The molecule has 1 amide bonds. The first-order chi connectivity index (χ1) is 8.54. The lowest BCUT2D eigenvalue weighted by molar-refractivity contribution is 0.0712. The number of nitrogens with one attached hydrogen (secondary N) is 2. The van der Waals surface area contributed by atoms with E-state index in [0.717, 1.165) is 25.7 Å². The van der Waals surface area contributed by atoms with E-state index in [1.165, 1.54) is 6.07 Å². The number of aliphatic hydroxyl groups excluding tert-OH is 1. The number of aromatic amines is 1. The van der Waals surface area contributed by atoms with Crippen LogP contribution in [-0.4, -0.2) is 33.4 Å². The Morgan fingerprint density at radius 1 is 1.67 bits per heavy atom. The fraction of sp³-hybridized carbons (Fsp3) is 0.667. The van der Waals surface area contributed by atoms with Crippen LogP contribution in [0.4, 0.5) is 5.82 Å². The molecule has 1 saturated carbocycles. The average molecular weight is 252 g/mol. The largest absolute Gasteiger partial charge is 0.394 e. The molecule has 5 N–H and O–H groups in total. The predicted molar refractivity (Wildman–Crippen MR) is 67.9 cm³/mol. The number of H-pyrrole nitrogens is 1. The Labute approximate surface area is 106 Å². The number of carbonyl (C=O) groups is 1. The van der Waals surface area contributed by atoms with Gasteiger partial charge in [-0.15, -0.1) is 0 Å². The number of hydrogen-bond donors (Lipinski definition) is 4. The van der Waals surface area contributed by atoms with E-state index in [4.69, 9.17) is 5.73 Å². The van der Waals surface area contributed by atoms with Crippen LogP contribution in [0.2, 0.25) is 0 Å². The van der Waals surface area contributed by atoms with Crippen molar-refractivity contribution in [2.24, 2.45) is 5.92 Å². The van der Waals surface area contributed by atoms with Crippen molar-refractivity contribution in [2.75, 3.05) is 12.3 Å². The van der Waals surface area contributed by atoms with Gasteiger partial charge in [0.1, 0.15) is 11.5 Å². The van der Waals surface area contributed by atoms with Gasteiger partial charge in [0.25, 0.3) is 5.91 Å². The van der Waals surface area contributed by atoms with Crippen molar-refractivity contribution >= 4 is 11.7 Å². The van der Waals surface area contributed by atoms with Gasteiger partial charge in [-0.3, -0.25) is 9.89 Å². The number of nitrogen functional groups attached to an aromatic ring is 1. The Morgan fingerprint density at radius 3 is 2.83 bits per heavy atom. The third kappa shape index (κ3) is 2.64. The number of amides is 1. The van der Waals surface area contributed by atoms with Crippen LogP contribution in [0, 0.1) is 5.92 Å². The Hall–Kier alpha value is -1.56. The number of aliphatic hydroxyl groups is 1. The molecule has 1 fully saturated rings. The highest BCUT2D eigenvalue weighted by molar-refractivity contribution is 5.93. The van der Waals surface area contributed by atoms with Crippen LogP contribution in [0.15, 0.2) is 6.07 Å². The van der Waals surface area contributed by atoms with E-state index < -0.39 is 5.54 Å². The molecule has 0 radical (unpaired) electrons. The van der Waals surface area contributed by atoms with E-state index in [1.807, 2.05) is 0 Å². The molecule has 0 spiro atoms. The molecule has 0 saturated heterocycles. The summed E-state index contributed by atoms with van der Waals surface area (Å²) in [5.41, 5.74) is 5.30. The standard InChI is InChI=1S/C12H20N4O2/c1-8-2-4-12(7-17,5-3-8)14-11(18)9-6-10(13)16-15-9/h6,8,17H,2-5,7H2,1H3,(H,14,18)(H3,13,15,16). The van der Waals surface area contributed by atoms with Crippen LogP contribution in [-0.2, 0) is 0 Å². The Morgan fingerprint density at radius 2 is 2.33 bits per heavy atom. The quantitative estimate of drug-likeness (QED) is 0.634. The van der Waals surface area contributed by atoms with Crippen molar-refractivity contribution in [3.63, 3.8) is 0 Å². The molecule has 18 heavy (non-hydrogen) atoms. The van der Waals surface area contributed by atoms with Crippen LogP contribution < -0.4 is 11.1 Å². The van der Waals surface area contributed by atoms with Crippen molar-refractivity contribution in [1.29, 1.82) is 0 Å². The lowest BCUT2D eigenvalue weighted by Gasteiger charge is -2.38. The van der Waals surface area contributed by atoms with Gasteiger partial charge in [-0.05, 0) is 31.6 Å². The summed E-state index contributed by atoms with van der Waals surface area (Å²) in [7, 11) is 0. The zero-order valence-electron chi connectivity index (χ0n) is 10.6. The lowest BCUT2D eigenvalue weighted by atomic mass is 9.77. The van der Waals surface area contributed by atoms with Gasteiger partial charge in [-0.1, -0.05) is 6.92 Å². The second kappa shape index (κ2) is 4.97. The minimum Gasteiger partial charge on any atom is -0.394 e. The highest BCUT2D eigenvalue weighted by Crippen LogP contribution is 2.31. The molecule has 0 unspecified atom stereocenters. The first kappa shape index (κ1) is 12.9. The van der Waals surface area contributed by atoms with Crippen molar-refractivity contribution in [1.82, 2.24) is 15.5 Å². The van der Waals surface area contributed by atoms with Gasteiger partial charge in [0.2, 0.25) is 0 Å². The number of rotatable bonds is 3. The molecule has 2 rings (SSSR count). The molecule has 6 nitrogen and oxygen atoms in total. The lowest BCUT2D eigenvalue weighted by Crippen LogP contribution is -2.53. The van der Waals surface area contributed by atoms with Crippen LogP contribution in [0.5, 0.6) is 0 Å². The predicted octanol–water partition coefficient (Wildman–Crippen LogP) is 0.663. The van der Waals surface area contributed by atoms with E-state index in [-0.39, 0.29) is 18.3 Å². The third-order valence-corrected chi connectivity index (χ3v) is 3.76. The zero-order chi connectivity index (χ0) is 13.2. The summed E-state index contributed by atoms with van der Waals surface area (Å²) >= 11 is 0. The molecule has 1 aromatic rings. The van der Waals surface area contributed by atoms with Crippen LogP contribution in [0.1, 0.15) is 43.1 Å². The van der Waals surface area contributed by atoms with Gasteiger partial charge in [-0.2, -0.15) is 5.10 Å². The van der Waals surface area contributed by atoms with Crippen LogP contribution >= 0.6 is 0 Å². The number of hydrogen-bond acceptors (Lipinski definition) is 4. The monoisotopic (exact) mass is 252 g/mol. The maximum Gasteiger partial charge on any atom is 0.269 e. The second-order valence-corrected chi connectivity index (χ2v) is 5.28. The fourth-order valence-corrected chi connectivity index (χ4v) is 2.40. The summed E-state index contributed by atoms with van der Waals surface area (Å²) in [6.07, 6.45) is 3.65. The third-order valence-electron chi connectivity index (χ3n) is 3.76. The molecule has 1 aliphatic rings. The summed E-state index contributed by atoms with van der Waals surface area (Å²) < 4.78 is 0. The SMILES string of the molecule is CC1CCC(CO)(NC(=O)c2cc(N)n[nH]2)CC1. The highest BCUT2D eigenvalue weighted by atomic mass is 16.3. The van der Waals surface area contributed by atoms with Crippen LogP contribution in [0.3, 0.4) is 0 Å². The van der Waals surface area contributed by atoms with Gasteiger partial charge in [-0.25, -0.2) is 0 Å². The summed E-state index contributed by atoms with van der Waals surface area (Å²) in [5, 5.41) is 18.8. The van der Waals surface area contributed by atoms with E-state index in [0.29, 0.717) is 11.6 Å². The Bertz CT molecular complexity index is 421. The van der Waals surface area contributed by atoms with Crippen molar-refractivity contribution in [2.45, 2.75) is 38.1 Å². The van der Waals surface area contributed by atoms with Gasteiger partial charge < -0.3 is 16.2 Å². The Balaban J connectivity index is 2.04. The number of nitrogens with two attached hydrogens (primary N) is 1. The number of carbonyl (C=O) groups excluding carboxylic acids is 1. The molecule has 1 aromatic heterocycles. The van der Waals surface area contributed by atoms with Gasteiger partial charge in [0.05, 0.1) is 12.1 Å². The first-order valence-electron chi connectivity index (χ1n) is 6.29. The second-order valence-electron chi connectivity index (χ2n) is 5.28. The maximum absolute atomic E-state index is 12.0. The van der Waals surface area contributed by atoms with Gasteiger partial charge >= 0.3 is 0 Å². The summed E-state index contributed by atoms with van der Waals surface area (Å²) in [6.45, 7) is 2.16. The first-order valence-corrected chi connectivity index (χ1v) is 6.29. The molecular weight excluding hydrogens is 232 g/mol. The van der Waals surface area contributed by atoms with E-state index >= 15 is 0 Å². The minimum atomic E-state index is -0.497. The smallest absolute Gasteiger partial charge is 0.269 e. The fourth-order valence-electron chi connectivity index (χ4n) is 2.40. The molecule has 6 heteroatoms. The van der Waals surface area contributed by atoms with Gasteiger partial charge in [0.15, 0.2) is 0 Å². The number of aromatic nitrogens is 2. The molecule has 1 aliphatic carbocycles. The molecule has 0 bridgehead atoms. The summed E-state index contributed by atoms with van der Waals surface area (Å²) in [4.78, 5) is 12.0. The average Bonchev–Trinajstić information content (AvgIpc) is 2.79. The van der Waals surface area contributed by atoms with Gasteiger partial charge in [0, 0.05) is 6.07 Å². The molecule has 0 atom stereocenters. The summed E-state index contributed by atoms with van der Waals surface area (Å²) in [6, 6.07) is 1.49. The van der Waals surface area contributed by atoms with E-state index in [2.05, 4.69) is 22.4 Å². The molecule has 0 aromatic carbocycles. The van der Waals surface area contributed by atoms with E-state index in [9.17, 15) is 9.90 Å². The van der Waals surface area contributed by atoms with E-state index in [1.54, 1.807) is 0 Å². The minimum absolute atomic E-state index is 0.0327.